The molecule has 4 aromatic rings. The van der Waals surface area contributed by atoms with Crippen LogP contribution in [0.2, 0.25) is 5.02 Å². The SMILES string of the molecule is CS(=O)(=O)CCn1cc2ccc(Nc3ncc(Cl)c(-c4cnn(S(C)(=O)=O)c4)n3)cc2n1. The van der Waals surface area contributed by atoms with Crippen LogP contribution in [0.4, 0.5) is 11.6 Å². The van der Waals surface area contributed by atoms with Crippen LogP contribution in [0.3, 0.4) is 0 Å². The Morgan fingerprint density at radius 3 is 2.56 bits per heavy atom. The Kier molecular flexibility index (Phi) is 5.65. The van der Waals surface area contributed by atoms with Gasteiger partial charge >= 0.3 is 0 Å². The number of fused-ring (bicyclic) bond motifs is 1. The molecule has 1 aromatic carbocycles. The number of aryl methyl sites for hydroxylation is 1. The molecule has 168 valence electrons. The number of hydrogen-bond donors (Lipinski definition) is 1. The highest BCUT2D eigenvalue weighted by atomic mass is 35.5. The van der Waals surface area contributed by atoms with Crippen molar-refractivity contribution >= 4 is 54.0 Å². The smallest absolute Gasteiger partial charge is 0.250 e. The van der Waals surface area contributed by atoms with E-state index in [1.807, 2.05) is 12.1 Å². The van der Waals surface area contributed by atoms with Crippen LogP contribution >= 0.6 is 11.6 Å². The van der Waals surface area contributed by atoms with Crippen molar-refractivity contribution in [2.45, 2.75) is 6.54 Å². The number of anilines is 2. The first-order chi connectivity index (χ1) is 15.0. The Hall–Kier alpha value is -3.03. The number of aromatic nitrogens is 6. The highest BCUT2D eigenvalue weighted by Crippen LogP contribution is 2.27. The maximum atomic E-state index is 11.7. The van der Waals surface area contributed by atoms with E-state index < -0.39 is 19.9 Å². The predicted octanol–water partition coefficient (Wildman–Crippen LogP) is 1.94. The minimum atomic E-state index is -3.53. The lowest BCUT2D eigenvalue weighted by molar-refractivity contribution is 0.585. The van der Waals surface area contributed by atoms with Crippen LogP contribution in [0.15, 0.2) is 43.0 Å². The molecule has 0 saturated carbocycles. The van der Waals surface area contributed by atoms with Crippen LogP contribution in [0, 0.1) is 0 Å². The molecular weight excluding hydrogens is 478 g/mol. The van der Waals surface area contributed by atoms with Crippen molar-refractivity contribution in [3.63, 3.8) is 0 Å². The van der Waals surface area contributed by atoms with Crippen molar-refractivity contribution in [3.05, 3.63) is 48.0 Å². The standard InChI is InChI=1S/C18H18ClN7O4S2/c1-31(27,28)6-5-25-10-12-3-4-14(7-16(12)24-25)22-18-20-9-15(19)17(23-18)13-8-21-26(11-13)32(2,29)30/h3-4,7-11H,5-6H2,1-2H3,(H,20,22,23). The van der Waals surface area contributed by atoms with Gasteiger partial charge in [-0.25, -0.2) is 26.8 Å². The molecule has 11 nitrogen and oxygen atoms in total. The summed E-state index contributed by atoms with van der Waals surface area (Å²) in [5.74, 6) is 0.246. The van der Waals surface area contributed by atoms with Gasteiger partial charge in [0, 0.05) is 29.1 Å². The Morgan fingerprint density at radius 2 is 1.88 bits per heavy atom. The van der Waals surface area contributed by atoms with Gasteiger partial charge < -0.3 is 5.32 Å². The van der Waals surface area contributed by atoms with Crippen molar-refractivity contribution in [2.75, 3.05) is 23.6 Å². The third-order valence-electron chi connectivity index (χ3n) is 4.42. The van der Waals surface area contributed by atoms with Gasteiger partial charge in [-0.2, -0.15) is 14.3 Å². The maximum Gasteiger partial charge on any atom is 0.250 e. The number of halogens is 1. The summed E-state index contributed by atoms with van der Waals surface area (Å²) in [6.45, 7) is 0.265. The van der Waals surface area contributed by atoms with Gasteiger partial charge in [-0.1, -0.05) is 11.6 Å². The zero-order valence-corrected chi connectivity index (χ0v) is 19.4. The summed E-state index contributed by atoms with van der Waals surface area (Å²) in [5.41, 5.74) is 2.08. The van der Waals surface area contributed by atoms with E-state index in [1.165, 1.54) is 24.8 Å². The Bertz CT molecular complexity index is 1530. The molecule has 3 aromatic heterocycles. The van der Waals surface area contributed by atoms with Gasteiger partial charge in [-0.3, -0.25) is 4.68 Å². The van der Waals surface area contributed by atoms with Crippen LogP contribution in [-0.2, 0) is 26.4 Å². The first-order valence-electron chi connectivity index (χ1n) is 9.18. The molecule has 0 amide bonds. The summed E-state index contributed by atoms with van der Waals surface area (Å²) >= 11 is 6.21. The van der Waals surface area contributed by atoms with Crippen molar-refractivity contribution in [3.8, 4) is 11.3 Å². The average Bonchev–Trinajstić information content (AvgIpc) is 3.34. The van der Waals surface area contributed by atoms with Crippen molar-refractivity contribution in [1.29, 1.82) is 0 Å². The first-order valence-corrected chi connectivity index (χ1v) is 13.5. The van der Waals surface area contributed by atoms with Gasteiger partial charge in [0.2, 0.25) is 5.95 Å². The van der Waals surface area contributed by atoms with Gasteiger partial charge in [-0.15, -0.1) is 0 Å². The fraction of sp³-hybridized carbons (Fsp3) is 0.222. The first kappa shape index (κ1) is 22.2. The summed E-state index contributed by atoms with van der Waals surface area (Å²) in [4.78, 5) is 8.55. The second-order valence-electron chi connectivity index (χ2n) is 7.18. The van der Waals surface area contributed by atoms with Crippen molar-refractivity contribution in [1.82, 2.24) is 28.9 Å². The highest BCUT2D eigenvalue weighted by molar-refractivity contribution is 7.90. The zero-order valence-electron chi connectivity index (χ0n) is 17.0. The lowest BCUT2D eigenvalue weighted by Crippen LogP contribution is -2.11. The van der Waals surface area contributed by atoms with Gasteiger partial charge in [0.05, 0.1) is 53.4 Å². The summed E-state index contributed by atoms with van der Waals surface area (Å²) in [6, 6.07) is 5.43. The van der Waals surface area contributed by atoms with Crippen LogP contribution in [-0.4, -0.2) is 64.0 Å². The van der Waals surface area contributed by atoms with Gasteiger partial charge in [0.25, 0.3) is 10.0 Å². The second-order valence-corrected chi connectivity index (χ2v) is 11.7. The maximum absolute atomic E-state index is 11.7. The number of sulfone groups is 1. The lowest BCUT2D eigenvalue weighted by Gasteiger charge is -2.07. The summed E-state index contributed by atoms with van der Waals surface area (Å²) < 4.78 is 48.5. The molecule has 0 fully saturated rings. The molecule has 32 heavy (non-hydrogen) atoms. The van der Waals surface area contributed by atoms with E-state index in [4.69, 9.17) is 11.6 Å². The number of hydrogen-bond acceptors (Lipinski definition) is 9. The van der Waals surface area contributed by atoms with E-state index in [2.05, 4.69) is 25.5 Å². The van der Waals surface area contributed by atoms with Crippen LogP contribution in [0.5, 0.6) is 0 Å². The number of nitrogens with zero attached hydrogens (tertiary/aromatic N) is 6. The van der Waals surface area contributed by atoms with E-state index in [9.17, 15) is 16.8 Å². The normalized spacial score (nSPS) is 12.3. The van der Waals surface area contributed by atoms with E-state index in [1.54, 1.807) is 16.9 Å². The van der Waals surface area contributed by atoms with Crippen LogP contribution < -0.4 is 5.32 Å². The minimum absolute atomic E-state index is 0.00338. The molecular formula is C18H18ClN7O4S2. The molecule has 0 radical (unpaired) electrons. The summed E-state index contributed by atoms with van der Waals surface area (Å²) in [6.07, 6.45) is 8.08. The monoisotopic (exact) mass is 495 g/mol. The van der Waals surface area contributed by atoms with Crippen LogP contribution in [0.1, 0.15) is 0 Å². The molecule has 1 N–H and O–H groups in total. The third-order valence-corrected chi connectivity index (χ3v) is 6.50. The van der Waals surface area contributed by atoms with Gasteiger partial charge in [0.1, 0.15) is 9.84 Å². The molecule has 0 unspecified atom stereocenters. The molecule has 3 heterocycles. The van der Waals surface area contributed by atoms with Crippen molar-refractivity contribution in [2.24, 2.45) is 0 Å². The highest BCUT2D eigenvalue weighted by Gasteiger charge is 2.14. The average molecular weight is 496 g/mol. The fourth-order valence-electron chi connectivity index (χ4n) is 2.89. The topological polar surface area (TPSA) is 142 Å². The molecule has 0 spiro atoms. The molecule has 4 rings (SSSR count). The Labute approximate surface area is 189 Å². The van der Waals surface area contributed by atoms with Gasteiger partial charge in [0.15, 0.2) is 0 Å². The molecule has 0 aliphatic rings. The predicted molar refractivity (Wildman–Crippen MR) is 121 cm³/mol. The molecule has 14 heteroatoms. The fourth-order valence-corrected chi connectivity index (χ4v) is 4.13. The van der Waals surface area contributed by atoms with Gasteiger partial charge in [-0.05, 0) is 18.2 Å². The largest absolute Gasteiger partial charge is 0.324 e. The third kappa shape index (κ3) is 5.06. The molecule has 0 atom stereocenters. The molecule has 0 saturated heterocycles. The van der Waals surface area contributed by atoms with E-state index in [0.717, 1.165) is 15.7 Å². The Morgan fingerprint density at radius 1 is 1.09 bits per heavy atom. The van der Waals surface area contributed by atoms with Crippen molar-refractivity contribution < 1.29 is 16.8 Å². The number of benzene rings is 1. The lowest BCUT2D eigenvalue weighted by atomic mass is 10.2. The summed E-state index contributed by atoms with van der Waals surface area (Å²) in [5, 5.41) is 12.4. The second kappa shape index (κ2) is 8.15. The minimum Gasteiger partial charge on any atom is -0.324 e. The quantitative estimate of drug-likeness (QED) is 0.407. The molecule has 0 bridgehead atoms. The summed E-state index contributed by atoms with van der Waals surface area (Å²) in [7, 11) is -6.62. The Balaban J connectivity index is 1.58. The zero-order chi connectivity index (χ0) is 23.1. The van der Waals surface area contributed by atoms with E-state index in [-0.39, 0.29) is 23.3 Å². The van der Waals surface area contributed by atoms with E-state index >= 15 is 0 Å². The van der Waals surface area contributed by atoms with E-state index in [0.29, 0.717) is 22.5 Å². The number of nitrogens with one attached hydrogen (secondary N) is 1. The van der Waals surface area contributed by atoms with Crippen LogP contribution in [0.25, 0.3) is 22.2 Å². The molecule has 0 aliphatic heterocycles. The molecule has 0 aliphatic carbocycles. The number of rotatable bonds is 7.